The minimum atomic E-state index is -3.76. The van der Waals surface area contributed by atoms with E-state index in [4.69, 9.17) is 4.74 Å². The molecule has 0 saturated carbocycles. The van der Waals surface area contributed by atoms with Gasteiger partial charge in [-0.25, -0.2) is 13.4 Å². The average molecular weight is 355 g/mol. The number of hydrogen-bond donors (Lipinski definition) is 1. The summed E-state index contributed by atoms with van der Waals surface area (Å²) >= 11 is 0. The molecule has 1 N–H and O–H groups in total. The van der Waals surface area contributed by atoms with Crippen LogP contribution in [0.25, 0.3) is 11.3 Å². The number of nitrogens with zero attached hydrogens (tertiary/aromatic N) is 2. The molecule has 0 aliphatic rings. The van der Waals surface area contributed by atoms with Crippen LogP contribution in [0.1, 0.15) is 6.92 Å². The predicted molar refractivity (Wildman–Crippen MR) is 95.9 cm³/mol. The van der Waals surface area contributed by atoms with Crippen LogP contribution in [0.4, 0.5) is 5.82 Å². The Hall–Kier alpha value is -2.93. The highest BCUT2D eigenvalue weighted by molar-refractivity contribution is 7.92. The molecular weight excluding hydrogens is 338 g/mol. The fraction of sp³-hybridized carbons (Fsp3) is 0.111. The van der Waals surface area contributed by atoms with Gasteiger partial charge in [-0.2, -0.15) is 0 Å². The quantitative estimate of drug-likeness (QED) is 0.733. The molecule has 0 unspecified atom stereocenters. The van der Waals surface area contributed by atoms with Crippen molar-refractivity contribution in [2.75, 3.05) is 11.3 Å². The third-order valence-electron chi connectivity index (χ3n) is 3.37. The molecule has 0 bridgehead atoms. The number of rotatable bonds is 6. The average Bonchev–Trinajstić information content (AvgIpc) is 2.63. The Labute approximate surface area is 146 Å². The van der Waals surface area contributed by atoms with Crippen LogP contribution in [0, 0.1) is 0 Å². The number of pyridine rings is 2. The van der Waals surface area contributed by atoms with Crippen LogP contribution < -0.4 is 9.46 Å². The molecule has 6 nitrogen and oxygen atoms in total. The molecule has 25 heavy (non-hydrogen) atoms. The van der Waals surface area contributed by atoms with Crippen LogP contribution in [0.2, 0.25) is 0 Å². The lowest BCUT2D eigenvalue weighted by Crippen LogP contribution is -2.14. The first kappa shape index (κ1) is 16.9. The Kier molecular flexibility index (Phi) is 4.95. The maximum absolute atomic E-state index is 12.6. The SMILES string of the molecule is CCOc1cccc(S(=O)(=O)Nc2cccc(-c3cccnc3)n2)c1. The van der Waals surface area contributed by atoms with Gasteiger partial charge in [0.1, 0.15) is 11.6 Å². The van der Waals surface area contributed by atoms with Crippen molar-refractivity contribution < 1.29 is 13.2 Å². The summed E-state index contributed by atoms with van der Waals surface area (Å²) in [7, 11) is -3.76. The standard InChI is InChI=1S/C18H17N3O3S/c1-2-24-15-7-3-8-16(12-15)25(22,23)21-18-10-4-9-17(20-18)14-6-5-11-19-13-14/h3-13H,2H2,1H3,(H,20,21). The van der Waals surface area contributed by atoms with E-state index in [9.17, 15) is 8.42 Å². The number of nitrogens with one attached hydrogen (secondary N) is 1. The van der Waals surface area contributed by atoms with E-state index in [0.29, 0.717) is 18.1 Å². The van der Waals surface area contributed by atoms with Crippen molar-refractivity contribution in [2.24, 2.45) is 0 Å². The molecule has 7 heteroatoms. The maximum Gasteiger partial charge on any atom is 0.263 e. The number of ether oxygens (including phenoxy) is 1. The van der Waals surface area contributed by atoms with Crippen molar-refractivity contribution in [1.82, 2.24) is 9.97 Å². The van der Waals surface area contributed by atoms with Gasteiger partial charge in [-0.1, -0.05) is 12.1 Å². The summed E-state index contributed by atoms with van der Waals surface area (Å²) in [6, 6.07) is 15.1. The molecule has 0 fully saturated rings. The Morgan fingerprint density at radius 1 is 1.08 bits per heavy atom. The van der Waals surface area contributed by atoms with Crippen LogP contribution in [0.3, 0.4) is 0 Å². The molecule has 0 atom stereocenters. The molecule has 0 aliphatic carbocycles. The molecule has 0 saturated heterocycles. The topological polar surface area (TPSA) is 81.2 Å². The number of hydrogen-bond acceptors (Lipinski definition) is 5. The van der Waals surface area contributed by atoms with E-state index in [-0.39, 0.29) is 10.7 Å². The Morgan fingerprint density at radius 3 is 2.68 bits per heavy atom. The Morgan fingerprint density at radius 2 is 1.92 bits per heavy atom. The van der Waals surface area contributed by atoms with E-state index < -0.39 is 10.0 Å². The highest BCUT2D eigenvalue weighted by Gasteiger charge is 2.16. The van der Waals surface area contributed by atoms with Crippen LogP contribution in [-0.2, 0) is 10.0 Å². The zero-order chi connectivity index (χ0) is 17.7. The summed E-state index contributed by atoms with van der Waals surface area (Å²) in [5.41, 5.74) is 1.44. The second kappa shape index (κ2) is 7.31. The van der Waals surface area contributed by atoms with Gasteiger partial charge >= 0.3 is 0 Å². The lowest BCUT2D eigenvalue weighted by molar-refractivity contribution is 0.339. The summed E-state index contributed by atoms with van der Waals surface area (Å²) < 4.78 is 33.0. The highest BCUT2D eigenvalue weighted by Crippen LogP contribution is 2.22. The lowest BCUT2D eigenvalue weighted by Gasteiger charge is -2.10. The monoisotopic (exact) mass is 355 g/mol. The minimum absolute atomic E-state index is 0.118. The maximum atomic E-state index is 12.6. The van der Waals surface area contributed by atoms with Gasteiger partial charge in [0.05, 0.1) is 17.2 Å². The normalized spacial score (nSPS) is 11.1. The second-order valence-corrected chi connectivity index (χ2v) is 6.85. The van der Waals surface area contributed by atoms with Crippen molar-refractivity contribution in [3.8, 4) is 17.0 Å². The summed E-state index contributed by atoms with van der Waals surface area (Å²) in [6.07, 6.45) is 3.34. The van der Waals surface area contributed by atoms with E-state index in [1.165, 1.54) is 12.1 Å². The molecule has 128 valence electrons. The van der Waals surface area contributed by atoms with Gasteiger partial charge in [-0.05, 0) is 43.3 Å². The van der Waals surface area contributed by atoms with Gasteiger partial charge in [0.2, 0.25) is 0 Å². The first-order chi connectivity index (χ1) is 12.1. The zero-order valence-corrected chi connectivity index (χ0v) is 14.4. The summed E-state index contributed by atoms with van der Waals surface area (Å²) in [5, 5.41) is 0. The number of sulfonamides is 1. The molecular formula is C18H17N3O3S. The molecule has 2 aromatic heterocycles. The second-order valence-electron chi connectivity index (χ2n) is 5.16. The van der Waals surface area contributed by atoms with E-state index in [1.807, 2.05) is 13.0 Å². The largest absolute Gasteiger partial charge is 0.494 e. The fourth-order valence-corrected chi connectivity index (χ4v) is 3.30. The summed E-state index contributed by atoms with van der Waals surface area (Å²) in [6.45, 7) is 2.30. The minimum Gasteiger partial charge on any atom is -0.494 e. The molecule has 0 spiro atoms. The van der Waals surface area contributed by atoms with Gasteiger partial charge in [0.15, 0.2) is 0 Å². The number of benzene rings is 1. The van der Waals surface area contributed by atoms with Gasteiger partial charge in [0.25, 0.3) is 10.0 Å². The number of aromatic nitrogens is 2. The molecule has 0 radical (unpaired) electrons. The fourth-order valence-electron chi connectivity index (χ4n) is 2.26. The van der Waals surface area contributed by atoms with Crippen molar-refractivity contribution in [1.29, 1.82) is 0 Å². The van der Waals surface area contributed by atoms with Crippen molar-refractivity contribution in [3.05, 3.63) is 67.0 Å². The van der Waals surface area contributed by atoms with Gasteiger partial charge in [-0.15, -0.1) is 0 Å². The Bertz CT molecular complexity index is 960. The molecule has 1 aromatic carbocycles. The van der Waals surface area contributed by atoms with Crippen LogP contribution in [-0.4, -0.2) is 25.0 Å². The molecule has 2 heterocycles. The predicted octanol–water partition coefficient (Wildman–Crippen LogP) is 3.34. The van der Waals surface area contributed by atoms with E-state index in [2.05, 4.69) is 14.7 Å². The zero-order valence-electron chi connectivity index (χ0n) is 13.6. The van der Waals surface area contributed by atoms with Crippen LogP contribution >= 0.6 is 0 Å². The van der Waals surface area contributed by atoms with Gasteiger partial charge < -0.3 is 4.74 Å². The number of anilines is 1. The van der Waals surface area contributed by atoms with Crippen LogP contribution in [0.5, 0.6) is 5.75 Å². The third kappa shape index (κ3) is 4.13. The van der Waals surface area contributed by atoms with E-state index in [0.717, 1.165) is 5.56 Å². The smallest absolute Gasteiger partial charge is 0.263 e. The Balaban J connectivity index is 1.87. The van der Waals surface area contributed by atoms with Gasteiger partial charge in [0, 0.05) is 24.0 Å². The highest BCUT2D eigenvalue weighted by atomic mass is 32.2. The van der Waals surface area contributed by atoms with Crippen molar-refractivity contribution in [2.45, 2.75) is 11.8 Å². The van der Waals surface area contributed by atoms with Crippen molar-refractivity contribution in [3.63, 3.8) is 0 Å². The molecule has 0 amide bonds. The third-order valence-corrected chi connectivity index (χ3v) is 4.72. The first-order valence-electron chi connectivity index (χ1n) is 7.71. The summed E-state index contributed by atoms with van der Waals surface area (Å²) in [5.74, 6) is 0.741. The molecule has 0 aliphatic heterocycles. The summed E-state index contributed by atoms with van der Waals surface area (Å²) in [4.78, 5) is 8.52. The van der Waals surface area contributed by atoms with Crippen LogP contribution in [0.15, 0.2) is 71.9 Å². The van der Waals surface area contributed by atoms with Gasteiger partial charge in [-0.3, -0.25) is 9.71 Å². The molecule has 3 rings (SSSR count). The lowest BCUT2D eigenvalue weighted by atomic mass is 10.2. The first-order valence-corrected chi connectivity index (χ1v) is 9.20. The molecule has 3 aromatic rings. The van der Waals surface area contributed by atoms with Crippen molar-refractivity contribution >= 4 is 15.8 Å². The van der Waals surface area contributed by atoms with E-state index in [1.54, 1.807) is 48.8 Å². The van der Waals surface area contributed by atoms with E-state index >= 15 is 0 Å².